The third-order valence-corrected chi connectivity index (χ3v) is 5.67. The molecule has 0 spiro atoms. The van der Waals surface area contributed by atoms with Crippen molar-refractivity contribution in [3.8, 4) is 0 Å². The maximum atomic E-state index is 13.1. The second-order valence-corrected chi connectivity index (χ2v) is 8.39. The van der Waals surface area contributed by atoms with E-state index in [1.54, 1.807) is 9.80 Å². The van der Waals surface area contributed by atoms with Crippen LogP contribution in [0.1, 0.15) is 41.2 Å². The molecule has 1 heterocycles. The fourth-order valence-electron chi connectivity index (χ4n) is 4.19. The molecule has 0 N–H and O–H groups in total. The van der Waals surface area contributed by atoms with Crippen LogP contribution in [0.2, 0.25) is 0 Å². The molecular weight excluding hydrogens is 348 g/mol. The van der Waals surface area contributed by atoms with Crippen LogP contribution in [0, 0.1) is 20.8 Å². The van der Waals surface area contributed by atoms with Gasteiger partial charge in [-0.2, -0.15) is 0 Å². The van der Waals surface area contributed by atoms with Crippen LogP contribution in [-0.2, 0) is 22.6 Å². The molecule has 1 unspecified atom stereocenters. The number of hydrogen-bond acceptors (Lipinski definition) is 2. The Labute approximate surface area is 168 Å². The van der Waals surface area contributed by atoms with Crippen LogP contribution < -0.4 is 0 Å². The third-order valence-electron chi connectivity index (χ3n) is 5.67. The number of likely N-dealkylation sites (N-methyl/N-ethyl adjacent to an activating group) is 1. The van der Waals surface area contributed by atoms with Crippen molar-refractivity contribution in [2.75, 3.05) is 13.6 Å². The molecule has 0 bridgehead atoms. The number of likely N-dealkylation sites (tertiary alicyclic amines) is 1. The predicted molar refractivity (Wildman–Crippen MR) is 112 cm³/mol. The smallest absolute Gasteiger partial charge is 0.248 e. The topological polar surface area (TPSA) is 40.6 Å². The average Bonchev–Trinajstić information content (AvgIpc) is 2.58. The third kappa shape index (κ3) is 4.11. The molecule has 2 aromatic rings. The molecule has 0 aliphatic carbocycles. The SMILES string of the molecule is Cc1cc(C)cc(CC(=O)N2CCC2(C)C(=O)N(C)Cc2cccc(C)c2)c1. The Morgan fingerprint density at radius 2 is 1.64 bits per heavy atom. The van der Waals surface area contributed by atoms with E-state index in [-0.39, 0.29) is 11.8 Å². The van der Waals surface area contributed by atoms with Crippen molar-refractivity contribution in [3.05, 3.63) is 70.3 Å². The van der Waals surface area contributed by atoms with Gasteiger partial charge in [-0.1, -0.05) is 59.2 Å². The van der Waals surface area contributed by atoms with Crippen molar-refractivity contribution < 1.29 is 9.59 Å². The number of carbonyl (C=O) groups excluding carboxylic acids is 2. The lowest BCUT2D eigenvalue weighted by Crippen LogP contribution is -2.67. The van der Waals surface area contributed by atoms with Crippen molar-refractivity contribution >= 4 is 11.8 Å². The Morgan fingerprint density at radius 1 is 1.00 bits per heavy atom. The molecule has 1 atom stereocenters. The first-order chi connectivity index (χ1) is 13.2. The summed E-state index contributed by atoms with van der Waals surface area (Å²) in [6, 6.07) is 14.4. The molecule has 148 valence electrons. The lowest BCUT2D eigenvalue weighted by Gasteiger charge is -2.50. The van der Waals surface area contributed by atoms with Crippen LogP contribution in [0.15, 0.2) is 42.5 Å². The van der Waals surface area contributed by atoms with Gasteiger partial charge in [0, 0.05) is 20.1 Å². The molecule has 2 aromatic carbocycles. The standard InChI is InChI=1S/C24H30N2O2/c1-17-7-6-8-20(12-17)16-25(5)23(28)24(4)9-10-26(24)22(27)15-21-13-18(2)11-19(3)14-21/h6-8,11-14H,9-10,15-16H2,1-5H3. The molecule has 2 amide bonds. The number of hydrogen-bond donors (Lipinski definition) is 0. The van der Waals surface area contributed by atoms with Crippen LogP contribution in [0.4, 0.5) is 0 Å². The van der Waals surface area contributed by atoms with Gasteiger partial charge < -0.3 is 9.80 Å². The van der Waals surface area contributed by atoms with E-state index in [1.807, 2.05) is 65.1 Å². The summed E-state index contributed by atoms with van der Waals surface area (Å²) < 4.78 is 0. The summed E-state index contributed by atoms with van der Waals surface area (Å²) in [7, 11) is 1.82. The first-order valence-corrected chi connectivity index (χ1v) is 9.88. The first-order valence-electron chi connectivity index (χ1n) is 9.88. The normalized spacial score (nSPS) is 18.5. The van der Waals surface area contributed by atoms with Gasteiger partial charge in [0.25, 0.3) is 0 Å². The molecule has 0 aromatic heterocycles. The fraction of sp³-hybridized carbons (Fsp3) is 0.417. The van der Waals surface area contributed by atoms with Crippen LogP contribution in [0.25, 0.3) is 0 Å². The average molecular weight is 379 g/mol. The minimum atomic E-state index is -0.742. The lowest BCUT2D eigenvalue weighted by atomic mass is 9.84. The maximum Gasteiger partial charge on any atom is 0.248 e. The quantitative estimate of drug-likeness (QED) is 0.794. The van der Waals surface area contributed by atoms with Gasteiger partial charge in [-0.05, 0) is 45.2 Å². The van der Waals surface area contributed by atoms with Crippen molar-refractivity contribution in [1.29, 1.82) is 0 Å². The van der Waals surface area contributed by atoms with E-state index in [0.717, 1.165) is 22.3 Å². The van der Waals surface area contributed by atoms with Crippen LogP contribution in [0.3, 0.4) is 0 Å². The van der Waals surface area contributed by atoms with Crippen LogP contribution in [0.5, 0.6) is 0 Å². The molecule has 3 rings (SSSR count). The lowest BCUT2D eigenvalue weighted by molar-refractivity contribution is -0.163. The van der Waals surface area contributed by atoms with Crippen molar-refractivity contribution in [2.45, 2.75) is 52.6 Å². The summed E-state index contributed by atoms with van der Waals surface area (Å²) >= 11 is 0. The van der Waals surface area contributed by atoms with E-state index >= 15 is 0 Å². The molecule has 1 fully saturated rings. The highest BCUT2D eigenvalue weighted by Crippen LogP contribution is 2.33. The number of aryl methyl sites for hydroxylation is 3. The van der Waals surface area contributed by atoms with E-state index in [9.17, 15) is 9.59 Å². The van der Waals surface area contributed by atoms with E-state index in [1.165, 1.54) is 5.56 Å². The molecule has 0 saturated carbocycles. The van der Waals surface area contributed by atoms with Gasteiger partial charge in [0.2, 0.25) is 11.8 Å². The fourth-order valence-corrected chi connectivity index (χ4v) is 4.19. The van der Waals surface area contributed by atoms with Gasteiger partial charge in [0.15, 0.2) is 0 Å². The number of amides is 2. The number of carbonyl (C=O) groups is 2. The molecule has 0 radical (unpaired) electrons. The predicted octanol–water partition coefficient (Wildman–Crippen LogP) is 3.80. The van der Waals surface area contributed by atoms with E-state index in [2.05, 4.69) is 12.1 Å². The highest BCUT2D eigenvalue weighted by Gasteiger charge is 2.50. The second kappa shape index (κ2) is 7.78. The van der Waals surface area contributed by atoms with E-state index in [0.29, 0.717) is 25.9 Å². The van der Waals surface area contributed by atoms with Crippen LogP contribution >= 0.6 is 0 Å². The van der Waals surface area contributed by atoms with Crippen LogP contribution in [-0.4, -0.2) is 40.7 Å². The molecule has 28 heavy (non-hydrogen) atoms. The Balaban J connectivity index is 1.68. The molecule has 1 saturated heterocycles. The highest BCUT2D eigenvalue weighted by atomic mass is 16.2. The van der Waals surface area contributed by atoms with Gasteiger partial charge in [0.1, 0.15) is 5.54 Å². The largest absolute Gasteiger partial charge is 0.339 e. The highest BCUT2D eigenvalue weighted by molar-refractivity contribution is 5.93. The number of benzene rings is 2. The summed E-state index contributed by atoms with van der Waals surface area (Å²) in [5.41, 5.74) is 4.86. The summed E-state index contributed by atoms with van der Waals surface area (Å²) in [5.74, 6) is 0.0325. The summed E-state index contributed by atoms with van der Waals surface area (Å²) in [5, 5.41) is 0. The minimum absolute atomic E-state index is 0.00836. The summed E-state index contributed by atoms with van der Waals surface area (Å²) in [6.07, 6.45) is 1.05. The Morgan fingerprint density at radius 3 is 2.21 bits per heavy atom. The van der Waals surface area contributed by atoms with E-state index in [4.69, 9.17) is 0 Å². The minimum Gasteiger partial charge on any atom is -0.339 e. The van der Waals surface area contributed by atoms with Gasteiger partial charge in [0.05, 0.1) is 6.42 Å². The Hall–Kier alpha value is -2.62. The summed E-state index contributed by atoms with van der Waals surface area (Å²) in [6.45, 7) is 9.22. The summed E-state index contributed by atoms with van der Waals surface area (Å²) in [4.78, 5) is 29.6. The number of nitrogens with zero attached hydrogens (tertiary/aromatic N) is 2. The molecule has 4 heteroatoms. The zero-order chi connectivity index (χ0) is 20.5. The van der Waals surface area contributed by atoms with Gasteiger partial charge in [-0.15, -0.1) is 0 Å². The van der Waals surface area contributed by atoms with Gasteiger partial charge >= 0.3 is 0 Å². The van der Waals surface area contributed by atoms with Crippen molar-refractivity contribution in [3.63, 3.8) is 0 Å². The number of rotatable bonds is 5. The van der Waals surface area contributed by atoms with E-state index < -0.39 is 5.54 Å². The molecule has 4 nitrogen and oxygen atoms in total. The first kappa shape index (κ1) is 20.1. The Bertz CT molecular complexity index is 885. The monoisotopic (exact) mass is 378 g/mol. The van der Waals surface area contributed by atoms with Crippen molar-refractivity contribution in [2.24, 2.45) is 0 Å². The zero-order valence-corrected chi connectivity index (χ0v) is 17.6. The Kier molecular flexibility index (Phi) is 5.59. The van der Waals surface area contributed by atoms with Gasteiger partial charge in [-0.3, -0.25) is 9.59 Å². The zero-order valence-electron chi connectivity index (χ0n) is 17.6. The molecular formula is C24H30N2O2. The second-order valence-electron chi connectivity index (χ2n) is 8.39. The maximum absolute atomic E-state index is 13.1. The van der Waals surface area contributed by atoms with Crippen molar-refractivity contribution in [1.82, 2.24) is 9.80 Å². The van der Waals surface area contributed by atoms with Gasteiger partial charge in [-0.25, -0.2) is 0 Å². The molecule has 1 aliphatic rings. The molecule has 1 aliphatic heterocycles.